The van der Waals surface area contributed by atoms with Gasteiger partial charge in [-0.3, -0.25) is 19.8 Å². The molecule has 240 valence electrons. The number of anilines is 3. The van der Waals surface area contributed by atoms with Gasteiger partial charge in [0.05, 0.1) is 24.3 Å². The van der Waals surface area contributed by atoms with Gasteiger partial charge in [-0.25, -0.2) is 5.84 Å². The Morgan fingerprint density at radius 3 is 2.40 bits per heavy atom. The van der Waals surface area contributed by atoms with E-state index in [0.717, 1.165) is 58.7 Å². The van der Waals surface area contributed by atoms with Crippen LogP contribution < -0.4 is 26.4 Å². The highest BCUT2D eigenvalue weighted by atomic mass is 32.2. The van der Waals surface area contributed by atoms with Crippen molar-refractivity contribution in [3.63, 3.8) is 0 Å². The number of rotatable bonds is 11. The Hall–Kier alpha value is -3.37. The predicted molar refractivity (Wildman–Crippen MR) is 178 cm³/mol. The van der Waals surface area contributed by atoms with E-state index in [1.54, 1.807) is 18.0 Å². The maximum atomic E-state index is 12.7. The summed E-state index contributed by atoms with van der Waals surface area (Å²) in [5, 5.41) is 32.9. The van der Waals surface area contributed by atoms with Gasteiger partial charge in [0.25, 0.3) is 0 Å². The van der Waals surface area contributed by atoms with E-state index in [1.807, 2.05) is 24.4 Å². The lowest BCUT2D eigenvalue weighted by Crippen LogP contribution is -2.50. The van der Waals surface area contributed by atoms with Gasteiger partial charge in [0, 0.05) is 80.3 Å². The van der Waals surface area contributed by atoms with E-state index in [2.05, 4.69) is 51.8 Å². The van der Waals surface area contributed by atoms with Crippen molar-refractivity contribution < 1.29 is 15.0 Å². The van der Waals surface area contributed by atoms with Gasteiger partial charge in [0.15, 0.2) is 5.17 Å². The van der Waals surface area contributed by atoms with Gasteiger partial charge < -0.3 is 30.8 Å². The van der Waals surface area contributed by atoms with Gasteiger partial charge in [-0.2, -0.15) is 0 Å². The van der Waals surface area contributed by atoms with Crippen molar-refractivity contribution in [1.82, 2.24) is 25.6 Å². The van der Waals surface area contributed by atoms with Crippen molar-refractivity contribution in [2.45, 2.75) is 56.7 Å². The first-order chi connectivity index (χ1) is 21.9. The predicted octanol–water partition coefficient (Wildman–Crippen LogP) is 1.94. The minimum Gasteiger partial charge on any atom is -0.389 e. The average Bonchev–Trinajstić information content (AvgIpc) is 3.48. The third kappa shape index (κ3) is 8.47. The number of hydrogen-bond donors (Lipinski definition) is 5. The van der Waals surface area contributed by atoms with Crippen LogP contribution in [0.5, 0.6) is 0 Å². The lowest BCUT2D eigenvalue weighted by atomic mass is 9.83. The lowest BCUT2D eigenvalue weighted by Gasteiger charge is -2.37. The van der Waals surface area contributed by atoms with Crippen LogP contribution in [0, 0.1) is 5.92 Å². The summed E-state index contributed by atoms with van der Waals surface area (Å²) in [5.41, 5.74) is 6.45. The van der Waals surface area contributed by atoms with Crippen LogP contribution in [0.2, 0.25) is 0 Å². The number of amidine groups is 1. The first kappa shape index (κ1) is 31.6. The van der Waals surface area contributed by atoms with Gasteiger partial charge >= 0.3 is 0 Å². The molecule has 3 aromatic rings. The zero-order valence-electron chi connectivity index (χ0n) is 25.1. The number of carbonyl (C=O) groups is 1. The molecule has 0 aromatic carbocycles. The summed E-state index contributed by atoms with van der Waals surface area (Å²) in [6.45, 7) is 3.12. The Morgan fingerprint density at radius 2 is 1.71 bits per heavy atom. The number of aliphatic hydroxyl groups is 2. The largest absolute Gasteiger partial charge is 0.389 e. The number of aliphatic hydroxyl groups excluding tert-OH is 2. The molecule has 0 radical (unpaired) electrons. The number of hydrazine groups is 1. The Bertz CT molecular complexity index is 1480. The molecule has 1 saturated carbocycles. The fourth-order valence-electron chi connectivity index (χ4n) is 5.94. The fourth-order valence-corrected chi connectivity index (χ4v) is 7.81. The zero-order chi connectivity index (χ0) is 31.2. The molecular formula is C30H40N10O3S2. The number of thioether (sulfide) groups is 1. The molecule has 0 bridgehead atoms. The topological polar surface area (TPSA) is 178 Å². The third-order valence-corrected chi connectivity index (χ3v) is 10.6. The molecule has 1 aliphatic carbocycles. The van der Waals surface area contributed by atoms with Crippen LogP contribution >= 0.6 is 23.1 Å². The summed E-state index contributed by atoms with van der Waals surface area (Å²) >= 11 is 3.10. The Balaban J connectivity index is 0.945. The molecular weight excluding hydrogens is 613 g/mol. The molecule has 3 fully saturated rings. The lowest BCUT2D eigenvalue weighted by molar-refractivity contribution is -0.115. The zero-order valence-corrected chi connectivity index (χ0v) is 26.7. The van der Waals surface area contributed by atoms with E-state index < -0.39 is 0 Å². The quantitative estimate of drug-likeness (QED) is 0.0882. The Morgan fingerprint density at radius 1 is 1.02 bits per heavy atom. The number of β-amino-alcohol motifs (C(OH)–C–C–N with tert-alkyl or cyclic N) is 2. The van der Waals surface area contributed by atoms with Crippen LogP contribution in [-0.2, 0) is 17.6 Å². The van der Waals surface area contributed by atoms with Gasteiger partial charge in [0.1, 0.15) is 5.01 Å². The summed E-state index contributed by atoms with van der Waals surface area (Å²) in [5.74, 6) is 7.36. The molecule has 6 rings (SSSR count). The minimum absolute atomic E-state index is 0.146. The number of nitrogens with two attached hydrogens (primary N) is 1. The van der Waals surface area contributed by atoms with Crippen molar-refractivity contribution in [2.75, 3.05) is 53.6 Å². The maximum absolute atomic E-state index is 12.7. The molecule has 6 N–H and O–H groups in total. The summed E-state index contributed by atoms with van der Waals surface area (Å²) in [7, 11) is 0. The summed E-state index contributed by atoms with van der Waals surface area (Å²) in [4.78, 5) is 30.4. The number of nitrogens with one attached hydrogen (secondary N) is 2. The van der Waals surface area contributed by atoms with E-state index in [1.165, 1.54) is 11.3 Å². The Labute approximate surface area is 270 Å². The SMILES string of the molecule is NNC(=NCCc1cc(N2CC(O)C2)ccn1)SCC1CCCC(c2nnc(NC(=O)Cc3cc(N4CC(O)C4)ccn3)s2)C1. The molecule has 0 spiro atoms. The van der Waals surface area contributed by atoms with Crippen LogP contribution in [0.4, 0.5) is 16.5 Å². The standard InChI is InChI=1S/C30H40N10O3S2/c31-36-29(34-7-4-21-11-23(5-8-32-21)39-14-25(41)15-39)44-18-19-2-1-3-20(10-19)28-37-38-30(45-28)35-27(43)13-22-12-24(6-9-33-22)40-16-26(42)17-40/h5-6,8-9,11-12,19-20,25-26,41-42H,1-4,7,10,13-18,31H2,(H,34,36)(H,35,38,43). The molecule has 2 aliphatic heterocycles. The van der Waals surface area contributed by atoms with Crippen molar-refractivity contribution in [1.29, 1.82) is 0 Å². The van der Waals surface area contributed by atoms with Gasteiger partial charge in [0.2, 0.25) is 11.0 Å². The van der Waals surface area contributed by atoms with E-state index in [0.29, 0.717) is 61.8 Å². The second-order valence-electron chi connectivity index (χ2n) is 11.9. The Kier molecular flexibility index (Phi) is 10.4. The fraction of sp³-hybridized carbons (Fsp3) is 0.533. The molecule has 5 heterocycles. The first-order valence-corrected chi connectivity index (χ1v) is 17.2. The molecule has 45 heavy (non-hydrogen) atoms. The molecule has 2 unspecified atom stereocenters. The summed E-state index contributed by atoms with van der Waals surface area (Å²) < 4.78 is 0. The average molecular weight is 653 g/mol. The number of amides is 1. The van der Waals surface area contributed by atoms with Crippen LogP contribution in [0.1, 0.15) is 48.0 Å². The minimum atomic E-state index is -0.292. The van der Waals surface area contributed by atoms with Crippen LogP contribution in [0.25, 0.3) is 0 Å². The van der Waals surface area contributed by atoms with E-state index in [9.17, 15) is 15.0 Å². The molecule has 2 saturated heterocycles. The van der Waals surface area contributed by atoms with Crippen molar-refractivity contribution >= 4 is 50.7 Å². The van der Waals surface area contributed by atoms with Gasteiger partial charge in [-0.15, -0.1) is 10.2 Å². The number of aliphatic imine (C=N–C) groups is 1. The normalized spacial score (nSPS) is 20.9. The van der Waals surface area contributed by atoms with Crippen LogP contribution in [0.3, 0.4) is 0 Å². The van der Waals surface area contributed by atoms with E-state index in [-0.39, 0.29) is 24.5 Å². The van der Waals surface area contributed by atoms with E-state index >= 15 is 0 Å². The summed E-state index contributed by atoms with van der Waals surface area (Å²) in [6, 6.07) is 7.82. The summed E-state index contributed by atoms with van der Waals surface area (Å²) in [6.07, 6.45) is 8.17. The van der Waals surface area contributed by atoms with Crippen LogP contribution in [0.15, 0.2) is 41.7 Å². The first-order valence-electron chi connectivity index (χ1n) is 15.4. The number of nitrogens with zero attached hydrogens (tertiary/aromatic N) is 7. The second-order valence-corrected chi connectivity index (χ2v) is 13.9. The number of pyridine rings is 2. The van der Waals surface area contributed by atoms with Crippen molar-refractivity contribution in [3.8, 4) is 0 Å². The smallest absolute Gasteiger partial charge is 0.232 e. The number of hydrogen-bond acceptors (Lipinski definition) is 13. The molecule has 15 heteroatoms. The highest BCUT2D eigenvalue weighted by Crippen LogP contribution is 2.39. The molecule has 3 aromatic heterocycles. The van der Waals surface area contributed by atoms with Gasteiger partial charge in [-0.1, -0.05) is 29.5 Å². The number of carbonyl (C=O) groups excluding carboxylic acids is 1. The molecule has 2 atom stereocenters. The van der Waals surface area contributed by atoms with Crippen molar-refractivity contribution in [2.24, 2.45) is 16.8 Å². The highest BCUT2D eigenvalue weighted by Gasteiger charge is 2.28. The van der Waals surface area contributed by atoms with Gasteiger partial charge in [-0.05, 0) is 49.4 Å². The molecule has 13 nitrogen and oxygen atoms in total. The van der Waals surface area contributed by atoms with E-state index in [4.69, 9.17) is 5.84 Å². The monoisotopic (exact) mass is 652 g/mol. The highest BCUT2D eigenvalue weighted by molar-refractivity contribution is 8.13. The molecule has 3 aliphatic rings. The number of aromatic nitrogens is 4. The van der Waals surface area contributed by atoms with Crippen LogP contribution in [-0.4, -0.2) is 92.1 Å². The van der Waals surface area contributed by atoms with Crippen molar-refractivity contribution in [3.05, 3.63) is 53.1 Å². The third-order valence-electron chi connectivity index (χ3n) is 8.42. The molecule has 1 amide bonds. The maximum Gasteiger partial charge on any atom is 0.232 e. The second kappa shape index (κ2) is 14.8.